The van der Waals surface area contributed by atoms with E-state index in [1.165, 1.54) is 11.3 Å². The van der Waals surface area contributed by atoms with E-state index in [4.69, 9.17) is 4.98 Å². The normalized spacial score (nSPS) is 11.6. The van der Waals surface area contributed by atoms with Crippen molar-refractivity contribution < 1.29 is 0 Å². The fourth-order valence-electron chi connectivity index (χ4n) is 3.31. The summed E-state index contributed by atoms with van der Waals surface area (Å²) in [6, 6.07) is 8.09. The average Bonchev–Trinajstić information content (AvgIpc) is 3.37. The Kier molecular flexibility index (Phi) is 3.36. The molecule has 5 aromatic rings. The van der Waals surface area contributed by atoms with Gasteiger partial charge < -0.3 is 4.57 Å². The van der Waals surface area contributed by atoms with Gasteiger partial charge in [0, 0.05) is 18.1 Å². The van der Waals surface area contributed by atoms with Crippen molar-refractivity contribution >= 4 is 28.0 Å². The molecule has 0 fully saturated rings. The highest BCUT2D eigenvalue weighted by molar-refractivity contribution is 7.13. The molecular formula is C19H16N6S. The molecule has 0 spiro atoms. The summed E-state index contributed by atoms with van der Waals surface area (Å²) in [6.45, 7) is 4.98. The molecule has 0 saturated heterocycles. The van der Waals surface area contributed by atoms with Crippen molar-refractivity contribution in [3.8, 4) is 10.7 Å². The van der Waals surface area contributed by atoms with Crippen molar-refractivity contribution in [3.63, 3.8) is 0 Å². The molecule has 0 radical (unpaired) electrons. The van der Waals surface area contributed by atoms with Crippen LogP contribution >= 0.6 is 11.3 Å². The Hall–Kier alpha value is -3.06. The molecule has 5 rings (SSSR count). The Bertz CT molecular complexity index is 1220. The van der Waals surface area contributed by atoms with E-state index in [9.17, 15) is 0 Å². The predicted molar refractivity (Wildman–Crippen MR) is 102 cm³/mol. The molecule has 0 N–H and O–H groups in total. The monoisotopic (exact) mass is 360 g/mol. The third-order valence-corrected chi connectivity index (χ3v) is 5.62. The van der Waals surface area contributed by atoms with E-state index in [1.807, 2.05) is 29.8 Å². The first-order valence-electron chi connectivity index (χ1n) is 8.36. The largest absolute Gasteiger partial charge is 0.325 e. The average molecular weight is 360 g/mol. The minimum absolute atomic E-state index is 0.735. The smallest absolute Gasteiger partial charge is 0.192 e. The van der Waals surface area contributed by atoms with Gasteiger partial charge in [-0.1, -0.05) is 12.1 Å². The van der Waals surface area contributed by atoms with Gasteiger partial charge in [0.2, 0.25) is 0 Å². The molecule has 5 heterocycles. The molecule has 0 aromatic carbocycles. The van der Waals surface area contributed by atoms with E-state index in [2.05, 4.69) is 39.5 Å². The topological polar surface area (TPSA) is 60.9 Å². The molecule has 128 valence electrons. The van der Waals surface area contributed by atoms with Gasteiger partial charge in [0.15, 0.2) is 11.5 Å². The summed E-state index contributed by atoms with van der Waals surface area (Å²) < 4.78 is 4.00. The highest BCUT2D eigenvalue weighted by atomic mass is 32.1. The summed E-state index contributed by atoms with van der Waals surface area (Å²) in [6.07, 6.45) is 5.44. The second-order valence-corrected chi connectivity index (χ2v) is 7.23. The Morgan fingerprint density at radius 1 is 1.12 bits per heavy atom. The summed E-state index contributed by atoms with van der Waals surface area (Å²) in [4.78, 5) is 14.8. The van der Waals surface area contributed by atoms with Crippen LogP contribution in [0.2, 0.25) is 0 Å². The van der Waals surface area contributed by atoms with Crippen LogP contribution in [0.1, 0.15) is 16.8 Å². The van der Waals surface area contributed by atoms with Crippen LogP contribution in [0.25, 0.3) is 27.4 Å². The van der Waals surface area contributed by atoms with Crippen molar-refractivity contribution in [1.29, 1.82) is 0 Å². The Labute approximate surface area is 153 Å². The number of thiophene rings is 1. The lowest BCUT2D eigenvalue weighted by Gasteiger charge is -2.07. The van der Waals surface area contributed by atoms with Gasteiger partial charge >= 0.3 is 0 Å². The third-order valence-electron chi connectivity index (χ3n) is 4.75. The van der Waals surface area contributed by atoms with Gasteiger partial charge in [0.25, 0.3) is 0 Å². The lowest BCUT2D eigenvalue weighted by molar-refractivity contribution is 0.783. The highest BCUT2D eigenvalue weighted by Crippen LogP contribution is 2.29. The number of hydrogen-bond donors (Lipinski definition) is 0. The van der Waals surface area contributed by atoms with Gasteiger partial charge in [-0.3, -0.25) is 4.98 Å². The van der Waals surface area contributed by atoms with Crippen LogP contribution in [0.15, 0.2) is 48.4 Å². The molecule has 6 nitrogen and oxygen atoms in total. The Balaban J connectivity index is 1.73. The molecule has 0 atom stereocenters. The van der Waals surface area contributed by atoms with Crippen LogP contribution in [0.4, 0.5) is 0 Å². The highest BCUT2D eigenvalue weighted by Gasteiger charge is 2.18. The fraction of sp³-hybridized carbons (Fsp3) is 0.158. The van der Waals surface area contributed by atoms with Crippen molar-refractivity contribution in [2.45, 2.75) is 20.4 Å². The molecule has 0 unspecified atom stereocenters. The zero-order valence-electron chi connectivity index (χ0n) is 14.4. The molecule has 5 aromatic heterocycles. The van der Waals surface area contributed by atoms with Crippen LogP contribution in [0.3, 0.4) is 0 Å². The van der Waals surface area contributed by atoms with Crippen molar-refractivity contribution in [1.82, 2.24) is 29.1 Å². The second kappa shape index (κ2) is 5.74. The number of nitrogens with zero attached hydrogens (tertiary/aromatic N) is 6. The zero-order chi connectivity index (χ0) is 17.7. The molecule has 0 aliphatic heterocycles. The van der Waals surface area contributed by atoms with Crippen molar-refractivity contribution in [2.24, 2.45) is 0 Å². The molecular weight excluding hydrogens is 344 g/mol. The van der Waals surface area contributed by atoms with Crippen molar-refractivity contribution in [2.75, 3.05) is 0 Å². The summed E-state index contributed by atoms with van der Waals surface area (Å²) in [5, 5.41) is 7.70. The fourth-order valence-corrected chi connectivity index (χ4v) is 3.96. The van der Waals surface area contributed by atoms with Gasteiger partial charge in [0.05, 0.1) is 16.8 Å². The molecule has 0 aliphatic rings. The van der Waals surface area contributed by atoms with Crippen LogP contribution in [0.5, 0.6) is 0 Å². The lowest BCUT2D eigenvalue weighted by Crippen LogP contribution is -2.03. The van der Waals surface area contributed by atoms with Crippen LogP contribution in [0, 0.1) is 13.8 Å². The summed E-state index contributed by atoms with van der Waals surface area (Å²) in [5.74, 6) is 0.742. The standard InChI is InChI=1S/C19H16N6S/c1-12-13(2)24(10-14-5-3-7-20-9-14)18-16(12)19-22-17(15-6-4-8-26-15)23-25(19)11-21-18/h3-9,11H,10H2,1-2H3. The number of fused-ring (bicyclic) bond motifs is 3. The number of aryl methyl sites for hydroxylation is 1. The first-order valence-corrected chi connectivity index (χ1v) is 9.24. The van der Waals surface area contributed by atoms with E-state index in [-0.39, 0.29) is 0 Å². The van der Waals surface area contributed by atoms with Crippen LogP contribution < -0.4 is 0 Å². The Morgan fingerprint density at radius 2 is 2.04 bits per heavy atom. The van der Waals surface area contributed by atoms with Crippen LogP contribution in [-0.4, -0.2) is 29.1 Å². The number of hydrogen-bond acceptors (Lipinski definition) is 5. The summed E-state index contributed by atoms with van der Waals surface area (Å²) in [7, 11) is 0. The van der Waals surface area contributed by atoms with Crippen LogP contribution in [-0.2, 0) is 6.54 Å². The second-order valence-electron chi connectivity index (χ2n) is 6.28. The summed E-state index contributed by atoms with van der Waals surface area (Å²) >= 11 is 1.64. The molecule has 0 aliphatic carbocycles. The predicted octanol–water partition coefficient (Wildman–Crippen LogP) is 3.87. The maximum atomic E-state index is 4.80. The van der Waals surface area contributed by atoms with Gasteiger partial charge in [-0.2, -0.15) is 0 Å². The van der Waals surface area contributed by atoms with E-state index in [0.29, 0.717) is 0 Å². The number of rotatable bonds is 3. The maximum absolute atomic E-state index is 4.80. The van der Waals surface area contributed by atoms with Crippen molar-refractivity contribution in [3.05, 3.63) is 65.2 Å². The molecule has 0 bridgehead atoms. The van der Waals surface area contributed by atoms with Gasteiger partial charge in [-0.25, -0.2) is 14.5 Å². The molecule has 7 heteroatoms. The molecule has 0 amide bonds. The maximum Gasteiger partial charge on any atom is 0.192 e. The van der Waals surface area contributed by atoms with Gasteiger partial charge in [-0.15, -0.1) is 16.4 Å². The first kappa shape index (κ1) is 15.2. The van der Waals surface area contributed by atoms with E-state index >= 15 is 0 Å². The Morgan fingerprint density at radius 3 is 2.81 bits per heavy atom. The molecule has 0 saturated carbocycles. The van der Waals surface area contributed by atoms with Gasteiger partial charge in [-0.05, 0) is 42.5 Å². The SMILES string of the molecule is Cc1c(C)n(Cc2cccnc2)c2ncn3nc(-c4cccs4)nc3c12. The first-order chi connectivity index (χ1) is 12.7. The quantitative estimate of drug-likeness (QED) is 0.490. The summed E-state index contributed by atoms with van der Waals surface area (Å²) in [5.41, 5.74) is 5.30. The lowest BCUT2D eigenvalue weighted by atomic mass is 10.2. The minimum Gasteiger partial charge on any atom is -0.325 e. The van der Waals surface area contributed by atoms with E-state index in [1.54, 1.807) is 28.4 Å². The zero-order valence-corrected chi connectivity index (χ0v) is 15.2. The number of aromatic nitrogens is 6. The van der Waals surface area contributed by atoms with Gasteiger partial charge in [0.1, 0.15) is 12.0 Å². The molecule has 26 heavy (non-hydrogen) atoms. The van der Waals surface area contributed by atoms with E-state index in [0.717, 1.165) is 39.5 Å². The van der Waals surface area contributed by atoms with E-state index < -0.39 is 0 Å². The minimum atomic E-state index is 0.735. The number of pyridine rings is 1. The third kappa shape index (κ3) is 2.24.